The van der Waals surface area contributed by atoms with Gasteiger partial charge in [0.1, 0.15) is 6.42 Å². The van der Waals surface area contributed by atoms with Gasteiger partial charge in [0.25, 0.3) is 0 Å². The van der Waals surface area contributed by atoms with Gasteiger partial charge >= 0.3 is 0 Å². The fourth-order valence-corrected chi connectivity index (χ4v) is 1.25. The van der Waals surface area contributed by atoms with Crippen molar-refractivity contribution in [2.75, 3.05) is 12.4 Å². The van der Waals surface area contributed by atoms with Crippen LogP contribution < -0.4 is 10.1 Å². The van der Waals surface area contributed by atoms with Gasteiger partial charge in [-0.3, -0.25) is 4.79 Å². The Morgan fingerprint density at radius 2 is 2.38 bits per heavy atom. The van der Waals surface area contributed by atoms with Crippen LogP contribution in [0.25, 0.3) is 0 Å². The van der Waals surface area contributed by atoms with Gasteiger partial charge in [-0.05, 0) is 12.1 Å². The monoisotopic (exact) mass is 242 g/mol. The molecule has 0 aliphatic rings. The van der Waals surface area contributed by atoms with Gasteiger partial charge < -0.3 is 10.1 Å². The van der Waals surface area contributed by atoms with Crippen LogP contribution in [0.3, 0.4) is 0 Å². The first-order valence-electron chi connectivity index (χ1n) is 4.29. The molecule has 0 aromatic heterocycles. The number of nitriles is 1. The Morgan fingerprint density at radius 1 is 1.69 bits per heavy atom. The Labute approximate surface area is 96.6 Å². The summed E-state index contributed by atoms with van der Waals surface area (Å²) in [5, 5.41) is 10.5. The summed E-state index contributed by atoms with van der Waals surface area (Å²) in [5.41, 5.74) is -0.179. The average Bonchev–Trinajstić information content (AvgIpc) is 2.25. The van der Waals surface area contributed by atoms with Gasteiger partial charge in [0.15, 0.2) is 11.6 Å². The molecule has 6 heteroatoms. The number of hydrogen-bond donors (Lipinski definition) is 1. The van der Waals surface area contributed by atoms with Gasteiger partial charge in [-0.15, -0.1) is 0 Å². The first kappa shape index (κ1) is 12.3. The molecule has 1 N–H and O–H groups in total. The molecule has 4 nitrogen and oxygen atoms in total. The van der Waals surface area contributed by atoms with Crippen molar-refractivity contribution in [1.29, 1.82) is 5.26 Å². The van der Waals surface area contributed by atoms with Crippen LogP contribution in [0.4, 0.5) is 10.1 Å². The van der Waals surface area contributed by atoms with Gasteiger partial charge in [-0.2, -0.15) is 5.26 Å². The number of benzene rings is 1. The van der Waals surface area contributed by atoms with Crippen molar-refractivity contribution in [2.24, 2.45) is 0 Å². The Bertz CT molecular complexity index is 457. The first-order chi connectivity index (χ1) is 7.60. The first-order valence-corrected chi connectivity index (χ1v) is 4.66. The summed E-state index contributed by atoms with van der Waals surface area (Å²) >= 11 is 5.71. The zero-order valence-corrected chi connectivity index (χ0v) is 9.14. The maximum absolute atomic E-state index is 13.6. The van der Waals surface area contributed by atoms with Crippen molar-refractivity contribution in [2.45, 2.75) is 6.42 Å². The Morgan fingerprint density at radius 3 is 2.94 bits per heavy atom. The third-order valence-corrected chi connectivity index (χ3v) is 2.09. The molecule has 1 aromatic rings. The van der Waals surface area contributed by atoms with E-state index in [2.05, 4.69) is 5.32 Å². The Hall–Kier alpha value is -1.80. The molecule has 1 aromatic carbocycles. The third kappa shape index (κ3) is 2.61. The number of nitrogens with zero attached hydrogens (tertiary/aromatic N) is 1. The Balaban J connectivity index is 3.03. The molecule has 0 spiro atoms. The number of anilines is 1. The number of carbonyl (C=O) groups is 1. The molecule has 0 bridgehead atoms. The molecule has 0 aliphatic heterocycles. The standard InChI is InChI=1S/C10H8ClFN2O2/c1-16-7-3-2-6(11)10(9(7)12)14-8(15)4-5-13/h2-3H,4H2,1H3,(H,14,15). The van der Waals surface area contributed by atoms with Crippen LogP contribution in [0.1, 0.15) is 6.42 Å². The van der Waals surface area contributed by atoms with E-state index in [4.69, 9.17) is 21.6 Å². The number of amides is 1. The molecular formula is C10H8ClFN2O2. The van der Waals surface area contributed by atoms with Crippen LogP contribution >= 0.6 is 11.6 Å². The third-order valence-electron chi connectivity index (χ3n) is 1.78. The number of halogens is 2. The van der Waals surface area contributed by atoms with Gasteiger partial charge in [0.2, 0.25) is 5.91 Å². The van der Waals surface area contributed by atoms with Crippen molar-refractivity contribution >= 4 is 23.2 Å². The number of nitrogens with one attached hydrogen (secondary N) is 1. The van der Waals surface area contributed by atoms with Gasteiger partial charge in [0, 0.05) is 0 Å². The summed E-state index contributed by atoms with van der Waals surface area (Å²) in [6.45, 7) is 0. The van der Waals surface area contributed by atoms with E-state index in [9.17, 15) is 9.18 Å². The molecule has 1 rings (SSSR count). The van der Waals surface area contributed by atoms with Crippen molar-refractivity contribution in [3.63, 3.8) is 0 Å². The number of ether oxygens (including phenoxy) is 1. The van der Waals surface area contributed by atoms with Crippen molar-refractivity contribution in [3.05, 3.63) is 23.0 Å². The number of methoxy groups -OCH3 is 1. The zero-order valence-electron chi connectivity index (χ0n) is 8.38. The topological polar surface area (TPSA) is 62.1 Å². The highest BCUT2D eigenvalue weighted by atomic mass is 35.5. The molecule has 0 radical (unpaired) electrons. The lowest BCUT2D eigenvalue weighted by atomic mass is 10.2. The summed E-state index contributed by atoms with van der Waals surface area (Å²) in [7, 11) is 1.30. The predicted octanol–water partition coefficient (Wildman–Crippen LogP) is 2.34. The van der Waals surface area contributed by atoms with Crippen LogP contribution in [0.15, 0.2) is 12.1 Å². The van der Waals surface area contributed by atoms with Crippen LogP contribution in [0.2, 0.25) is 5.02 Å². The highest BCUT2D eigenvalue weighted by Gasteiger charge is 2.15. The van der Waals surface area contributed by atoms with Crippen LogP contribution in [-0.2, 0) is 4.79 Å². The summed E-state index contributed by atoms with van der Waals surface area (Å²) in [6.07, 6.45) is -0.368. The lowest BCUT2D eigenvalue weighted by Crippen LogP contribution is -2.12. The summed E-state index contributed by atoms with van der Waals surface area (Å²) in [4.78, 5) is 11.1. The molecule has 0 heterocycles. The largest absolute Gasteiger partial charge is 0.494 e. The minimum absolute atomic E-state index is 0.0309. The molecule has 16 heavy (non-hydrogen) atoms. The second-order valence-corrected chi connectivity index (χ2v) is 3.23. The number of hydrogen-bond acceptors (Lipinski definition) is 3. The number of carbonyl (C=O) groups excluding carboxylic acids is 1. The highest BCUT2D eigenvalue weighted by molar-refractivity contribution is 6.33. The predicted molar refractivity (Wildman–Crippen MR) is 56.8 cm³/mol. The molecule has 0 atom stereocenters. The summed E-state index contributed by atoms with van der Waals surface area (Å²) in [6, 6.07) is 4.39. The van der Waals surface area contributed by atoms with E-state index in [1.54, 1.807) is 6.07 Å². The molecule has 0 saturated heterocycles. The Kier molecular flexibility index (Phi) is 4.09. The van der Waals surface area contributed by atoms with Crippen LogP contribution in [-0.4, -0.2) is 13.0 Å². The minimum atomic E-state index is -0.763. The van der Waals surface area contributed by atoms with Crippen molar-refractivity contribution in [3.8, 4) is 11.8 Å². The van der Waals surface area contributed by atoms with E-state index < -0.39 is 11.7 Å². The normalized spacial score (nSPS) is 9.38. The average molecular weight is 243 g/mol. The van der Waals surface area contributed by atoms with Crippen molar-refractivity contribution in [1.82, 2.24) is 0 Å². The summed E-state index contributed by atoms with van der Waals surface area (Å²) < 4.78 is 18.4. The number of rotatable bonds is 3. The van der Waals surface area contributed by atoms with Gasteiger partial charge in [0.05, 0.1) is 23.9 Å². The maximum atomic E-state index is 13.6. The second-order valence-electron chi connectivity index (χ2n) is 2.82. The fourth-order valence-electron chi connectivity index (χ4n) is 1.06. The SMILES string of the molecule is COc1ccc(Cl)c(NC(=O)CC#N)c1F. The molecule has 0 fully saturated rings. The smallest absolute Gasteiger partial charge is 0.238 e. The van der Waals surface area contributed by atoms with E-state index in [0.29, 0.717) is 0 Å². The minimum Gasteiger partial charge on any atom is -0.494 e. The van der Waals surface area contributed by atoms with Gasteiger partial charge in [-0.1, -0.05) is 11.6 Å². The lowest BCUT2D eigenvalue weighted by Gasteiger charge is -2.09. The molecule has 84 valence electrons. The molecule has 0 unspecified atom stereocenters. The van der Waals surface area contributed by atoms with E-state index in [-0.39, 0.29) is 22.9 Å². The second kappa shape index (κ2) is 5.33. The lowest BCUT2D eigenvalue weighted by molar-refractivity contribution is -0.115. The zero-order chi connectivity index (χ0) is 12.1. The molecule has 1 amide bonds. The molecule has 0 aliphatic carbocycles. The van der Waals surface area contributed by atoms with Crippen molar-refractivity contribution < 1.29 is 13.9 Å². The van der Waals surface area contributed by atoms with E-state index in [1.165, 1.54) is 19.2 Å². The van der Waals surface area contributed by atoms with E-state index in [0.717, 1.165) is 0 Å². The molecule has 0 saturated carbocycles. The quantitative estimate of drug-likeness (QED) is 0.885. The molecular weight excluding hydrogens is 235 g/mol. The van der Waals surface area contributed by atoms with E-state index in [1.807, 2.05) is 0 Å². The fraction of sp³-hybridized carbons (Fsp3) is 0.200. The van der Waals surface area contributed by atoms with E-state index >= 15 is 0 Å². The van der Waals surface area contributed by atoms with Crippen LogP contribution in [0, 0.1) is 17.1 Å². The summed E-state index contributed by atoms with van der Waals surface area (Å²) in [5.74, 6) is -1.42. The highest BCUT2D eigenvalue weighted by Crippen LogP contribution is 2.31. The van der Waals surface area contributed by atoms with Crippen LogP contribution in [0.5, 0.6) is 5.75 Å². The maximum Gasteiger partial charge on any atom is 0.238 e. The van der Waals surface area contributed by atoms with Gasteiger partial charge in [-0.25, -0.2) is 4.39 Å².